The molecule has 0 aromatic carbocycles. The summed E-state index contributed by atoms with van der Waals surface area (Å²) in [5, 5.41) is 5.87. The van der Waals surface area contributed by atoms with E-state index >= 15 is 0 Å². The predicted molar refractivity (Wildman–Crippen MR) is 77.3 cm³/mol. The fourth-order valence-corrected chi connectivity index (χ4v) is 2.60. The summed E-state index contributed by atoms with van der Waals surface area (Å²) in [5.41, 5.74) is 3.10. The van der Waals surface area contributed by atoms with Crippen molar-refractivity contribution in [3.63, 3.8) is 0 Å². The number of fused-ring (bicyclic) bond motifs is 1. The number of aromatic nitrogens is 4. The van der Waals surface area contributed by atoms with Crippen LogP contribution in [-0.4, -0.2) is 19.3 Å². The molecule has 0 aliphatic rings. The molecule has 0 saturated carbocycles. The standard InChI is InChI=1S/C14H15ClN4/c1-9(2)19-5-4-11-12(7-16-14(15)13(11)19)10-6-17-18(3)8-10/h4-9H,1-3H3. The van der Waals surface area contributed by atoms with Crippen LogP contribution in [0.3, 0.4) is 0 Å². The normalized spacial score (nSPS) is 11.6. The average Bonchev–Trinajstić information content (AvgIpc) is 2.96. The molecular weight excluding hydrogens is 260 g/mol. The molecule has 0 atom stereocenters. The Balaban J connectivity index is 2.31. The summed E-state index contributed by atoms with van der Waals surface area (Å²) in [6.07, 6.45) is 7.70. The molecule has 5 heteroatoms. The van der Waals surface area contributed by atoms with Crippen molar-refractivity contribution >= 4 is 22.5 Å². The van der Waals surface area contributed by atoms with Crippen LogP contribution in [0.15, 0.2) is 30.9 Å². The van der Waals surface area contributed by atoms with Gasteiger partial charge in [0.2, 0.25) is 0 Å². The van der Waals surface area contributed by atoms with Gasteiger partial charge >= 0.3 is 0 Å². The lowest BCUT2D eigenvalue weighted by Gasteiger charge is -2.10. The highest BCUT2D eigenvalue weighted by atomic mass is 35.5. The molecule has 0 saturated heterocycles. The number of rotatable bonds is 2. The molecule has 0 bridgehead atoms. The Bertz CT molecular complexity index is 739. The van der Waals surface area contributed by atoms with Crippen molar-refractivity contribution in [1.29, 1.82) is 0 Å². The maximum Gasteiger partial charge on any atom is 0.153 e. The minimum absolute atomic E-state index is 0.348. The molecule has 3 aromatic rings. The van der Waals surface area contributed by atoms with Gasteiger partial charge in [0.15, 0.2) is 5.15 Å². The van der Waals surface area contributed by atoms with Gasteiger partial charge in [-0.3, -0.25) is 4.68 Å². The molecule has 0 aliphatic carbocycles. The second-order valence-electron chi connectivity index (χ2n) is 4.94. The minimum Gasteiger partial charge on any atom is -0.342 e. The molecule has 3 aromatic heterocycles. The van der Waals surface area contributed by atoms with Crippen LogP contribution in [0.4, 0.5) is 0 Å². The minimum atomic E-state index is 0.348. The second-order valence-corrected chi connectivity index (χ2v) is 5.30. The molecule has 19 heavy (non-hydrogen) atoms. The number of nitrogens with zero attached hydrogens (tertiary/aromatic N) is 4. The van der Waals surface area contributed by atoms with Crippen LogP contribution in [0.1, 0.15) is 19.9 Å². The molecule has 3 heterocycles. The summed E-state index contributed by atoms with van der Waals surface area (Å²) in [6.45, 7) is 4.26. The van der Waals surface area contributed by atoms with Gasteiger partial charge in [-0.05, 0) is 19.9 Å². The van der Waals surface area contributed by atoms with E-state index in [-0.39, 0.29) is 0 Å². The topological polar surface area (TPSA) is 35.6 Å². The van der Waals surface area contributed by atoms with E-state index in [0.717, 1.165) is 22.0 Å². The van der Waals surface area contributed by atoms with Gasteiger partial charge in [0.1, 0.15) is 0 Å². The molecule has 0 unspecified atom stereocenters. The van der Waals surface area contributed by atoms with Gasteiger partial charge in [-0.15, -0.1) is 0 Å². The van der Waals surface area contributed by atoms with Gasteiger partial charge in [0.25, 0.3) is 0 Å². The third kappa shape index (κ3) is 1.92. The monoisotopic (exact) mass is 274 g/mol. The van der Waals surface area contributed by atoms with Gasteiger partial charge in [-0.2, -0.15) is 5.10 Å². The summed E-state index contributed by atoms with van der Waals surface area (Å²) in [5.74, 6) is 0. The second kappa shape index (κ2) is 4.38. The quantitative estimate of drug-likeness (QED) is 0.669. The third-order valence-electron chi connectivity index (χ3n) is 3.28. The number of pyridine rings is 1. The van der Waals surface area contributed by atoms with Crippen molar-refractivity contribution in [3.8, 4) is 11.1 Å². The zero-order valence-corrected chi connectivity index (χ0v) is 11.9. The van der Waals surface area contributed by atoms with Gasteiger partial charge in [0, 0.05) is 48.2 Å². The number of hydrogen-bond donors (Lipinski definition) is 0. The first-order chi connectivity index (χ1) is 9.08. The highest BCUT2D eigenvalue weighted by Gasteiger charge is 2.14. The number of aryl methyl sites for hydroxylation is 1. The molecule has 0 fully saturated rings. The molecular formula is C14H15ClN4. The average molecular weight is 275 g/mol. The highest BCUT2D eigenvalue weighted by molar-refractivity contribution is 6.34. The van der Waals surface area contributed by atoms with E-state index in [1.165, 1.54) is 0 Å². The van der Waals surface area contributed by atoms with Crippen LogP contribution < -0.4 is 0 Å². The zero-order valence-electron chi connectivity index (χ0n) is 11.1. The Kier molecular flexibility index (Phi) is 2.82. The smallest absolute Gasteiger partial charge is 0.153 e. The van der Waals surface area contributed by atoms with Crippen molar-refractivity contribution in [1.82, 2.24) is 19.3 Å². The Hall–Kier alpha value is -1.81. The maximum absolute atomic E-state index is 6.26. The van der Waals surface area contributed by atoms with Crippen molar-refractivity contribution in [2.75, 3.05) is 0 Å². The first-order valence-electron chi connectivity index (χ1n) is 6.22. The fourth-order valence-electron chi connectivity index (χ4n) is 2.35. The van der Waals surface area contributed by atoms with E-state index in [4.69, 9.17) is 11.6 Å². The molecule has 0 amide bonds. The Morgan fingerprint density at radius 3 is 2.68 bits per heavy atom. The summed E-state index contributed by atoms with van der Waals surface area (Å²) in [4.78, 5) is 4.32. The van der Waals surface area contributed by atoms with Gasteiger partial charge < -0.3 is 4.57 Å². The lowest BCUT2D eigenvalue weighted by Crippen LogP contribution is -1.99. The Labute approximate surface area is 116 Å². The molecule has 0 radical (unpaired) electrons. The fraction of sp³-hybridized carbons (Fsp3) is 0.286. The van der Waals surface area contributed by atoms with Crippen LogP contribution in [0.25, 0.3) is 22.0 Å². The summed E-state index contributed by atoms with van der Waals surface area (Å²) in [6, 6.07) is 2.44. The Morgan fingerprint density at radius 2 is 2.05 bits per heavy atom. The van der Waals surface area contributed by atoms with Crippen molar-refractivity contribution in [2.45, 2.75) is 19.9 Å². The van der Waals surface area contributed by atoms with Crippen LogP contribution in [0, 0.1) is 0 Å². The first-order valence-corrected chi connectivity index (χ1v) is 6.60. The SMILES string of the molecule is CC(C)n1ccc2c(-c3cnn(C)c3)cnc(Cl)c21. The zero-order chi connectivity index (χ0) is 13.6. The van der Waals surface area contributed by atoms with Gasteiger partial charge in [-0.1, -0.05) is 11.6 Å². The van der Waals surface area contributed by atoms with E-state index in [1.807, 2.05) is 25.6 Å². The maximum atomic E-state index is 6.26. The van der Waals surface area contributed by atoms with Crippen molar-refractivity contribution in [3.05, 3.63) is 36.0 Å². The predicted octanol–water partition coefficient (Wildman–Crippen LogP) is 3.67. The molecule has 0 N–H and O–H groups in total. The van der Waals surface area contributed by atoms with Crippen LogP contribution in [0.5, 0.6) is 0 Å². The molecule has 98 valence electrons. The summed E-state index contributed by atoms with van der Waals surface area (Å²) >= 11 is 6.26. The molecule has 3 rings (SSSR count). The van der Waals surface area contributed by atoms with Crippen LogP contribution >= 0.6 is 11.6 Å². The van der Waals surface area contributed by atoms with Gasteiger partial charge in [0.05, 0.1) is 11.7 Å². The lowest BCUT2D eigenvalue weighted by atomic mass is 10.1. The third-order valence-corrected chi connectivity index (χ3v) is 3.56. The van der Waals surface area contributed by atoms with Crippen molar-refractivity contribution in [2.24, 2.45) is 7.05 Å². The number of hydrogen-bond acceptors (Lipinski definition) is 2. The highest BCUT2D eigenvalue weighted by Crippen LogP contribution is 2.33. The van der Waals surface area contributed by atoms with Gasteiger partial charge in [-0.25, -0.2) is 4.98 Å². The summed E-state index contributed by atoms with van der Waals surface area (Å²) in [7, 11) is 1.91. The largest absolute Gasteiger partial charge is 0.342 e. The van der Waals surface area contributed by atoms with E-state index < -0.39 is 0 Å². The molecule has 0 aliphatic heterocycles. The molecule has 0 spiro atoms. The van der Waals surface area contributed by atoms with Crippen LogP contribution in [0.2, 0.25) is 5.15 Å². The van der Waals surface area contributed by atoms with E-state index in [1.54, 1.807) is 4.68 Å². The first kappa shape index (κ1) is 12.2. The number of halogens is 1. The van der Waals surface area contributed by atoms with E-state index in [0.29, 0.717) is 11.2 Å². The van der Waals surface area contributed by atoms with Crippen LogP contribution in [-0.2, 0) is 7.05 Å². The summed E-state index contributed by atoms with van der Waals surface area (Å²) < 4.78 is 3.93. The lowest BCUT2D eigenvalue weighted by molar-refractivity contribution is 0.622. The van der Waals surface area contributed by atoms with E-state index in [2.05, 4.69) is 40.8 Å². The van der Waals surface area contributed by atoms with Crippen molar-refractivity contribution < 1.29 is 0 Å². The molecule has 4 nitrogen and oxygen atoms in total. The van der Waals surface area contributed by atoms with E-state index in [9.17, 15) is 0 Å². The Morgan fingerprint density at radius 1 is 1.26 bits per heavy atom.